The molecular weight excluding hydrogens is 480 g/mol. The van der Waals surface area contributed by atoms with E-state index < -0.39 is 15.3 Å². The summed E-state index contributed by atoms with van der Waals surface area (Å²) in [6.45, 7) is 1.02. The van der Waals surface area contributed by atoms with E-state index >= 15 is 0 Å². The van der Waals surface area contributed by atoms with Gasteiger partial charge in [-0.05, 0) is 76.5 Å². The van der Waals surface area contributed by atoms with Crippen molar-refractivity contribution in [2.45, 2.75) is 112 Å². The number of halogens is 1. The third kappa shape index (κ3) is 6.43. The lowest BCUT2D eigenvalue weighted by Crippen LogP contribution is -2.48. The quantitative estimate of drug-likeness (QED) is 0.405. The molecule has 5 unspecified atom stereocenters. The Morgan fingerprint density at radius 3 is 2.39 bits per heavy atom. The predicted molar refractivity (Wildman–Crippen MR) is 126 cm³/mol. The maximum atomic E-state index is 13.0. The molecule has 4 N–H and O–H groups in total. The molecule has 178 valence electrons. The molecule has 0 aromatic rings. The van der Waals surface area contributed by atoms with Crippen LogP contribution < -0.4 is 20.9 Å². The topological polar surface area (TPSA) is 99.3 Å². The summed E-state index contributed by atoms with van der Waals surface area (Å²) in [4.78, 5) is 13.5. The molecule has 9 heteroatoms. The molecule has 0 spiro atoms. The summed E-state index contributed by atoms with van der Waals surface area (Å²) in [7, 11) is -3.38. The van der Waals surface area contributed by atoms with Crippen LogP contribution in [-0.2, 0) is 14.8 Å². The van der Waals surface area contributed by atoms with Crippen LogP contribution in [0.15, 0.2) is 0 Å². The van der Waals surface area contributed by atoms with Gasteiger partial charge in [-0.1, -0.05) is 28.8 Å². The first-order chi connectivity index (χ1) is 14.9. The predicted octanol–water partition coefficient (Wildman–Crippen LogP) is 2.71. The van der Waals surface area contributed by atoms with Crippen molar-refractivity contribution < 1.29 is 13.2 Å². The summed E-state index contributed by atoms with van der Waals surface area (Å²) < 4.78 is 29.0. The standard InChI is InChI=1S/C22H39BrN4O3S/c23-17-7-9-18(10-8-17)27-31(29,30)20-6-2-4-16(14-20)22(28)25-19-5-1-3-15(13-19)21-11-12-24-26-21/h15-21,24,26-27H,1-14H2,(H,25,28). The van der Waals surface area contributed by atoms with E-state index in [1.165, 1.54) is 6.42 Å². The maximum Gasteiger partial charge on any atom is 0.223 e. The van der Waals surface area contributed by atoms with Gasteiger partial charge in [0, 0.05) is 35.4 Å². The van der Waals surface area contributed by atoms with Crippen molar-refractivity contribution in [2.75, 3.05) is 6.54 Å². The minimum absolute atomic E-state index is 0.0471. The van der Waals surface area contributed by atoms with Crippen LogP contribution in [0.1, 0.15) is 83.5 Å². The molecule has 3 aliphatic carbocycles. The first-order valence-electron chi connectivity index (χ1n) is 12.3. The minimum atomic E-state index is -3.38. The molecule has 0 radical (unpaired) electrons. The highest BCUT2D eigenvalue weighted by molar-refractivity contribution is 9.09. The zero-order valence-electron chi connectivity index (χ0n) is 18.5. The number of amides is 1. The zero-order chi connectivity index (χ0) is 21.8. The molecule has 1 aliphatic heterocycles. The minimum Gasteiger partial charge on any atom is -0.353 e. The van der Waals surface area contributed by atoms with Crippen molar-refractivity contribution in [3.63, 3.8) is 0 Å². The number of alkyl halides is 1. The maximum absolute atomic E-state index is 13.0. The van der Waals surface area contributed by atoms with E-state index in [4.69, 9.17) is 0 Å². The second kappa shape index (κ2) is 10.8. The average Bonchev–Trinajstić information content (AvgIpc) is 3.31. The van der Waals surface area contributed by atoms with Gasteiger partial charge in [0.1, 0.15) is 0 Å². The molecule has 1 heterocycles. The number of sulfonamides is 1. The van der Waals surface area contributed by atoms with E-state index in [0.717, 1.165) is 70.8 Å². The number of hydrazine groups is 1. The van der Waals surface area contributed by atoms with E-state index in [1.54, 1.807) is 0 Å². The van der Waals surface area contributed by atoms with Gasteiger partial charge < -0.3 is 5.32 Å². The van der Waals surface area contributed by atoms with Crippen molar-refractivity contribution in [3.8, 4) is 0 Å². The molecule has 4 rings (SSSR count). The molecule has 31 heavy (non-hydrogen) atoms. The van der Waals surface area contributed by atoms with E-state index in [2.05, 4.69) is 36.8 Å². The van der Waals surface area contributed by atoms with E-state index in [-0.39, 0.29) is 23.9 Å². The van der Waals surface area contributed by atoms with Gasteiger partial charge in [0.15, 0.2) is 0 Å². The molecule has 1 saturated heterocycles. The van der Waals surface area contributed by atoms with Crippen LogP contribution in [0.25, 0.3) is 0 Å². The van der Waals surface area contributed by atoms with Crippen molar-refractivity contribution in [1.29, 1.82) is 0 Å². The van der Waals surface area contributed by atoms with Crippen molar-refractivity contribution in [2.24, 2.45) is 11.8 Å². The number of carbonyl (C=O) groups is 1. The van der Waals surface area contributed by atoms with Gasteiger partial charge in [-0.3, -0.25) is 15.6 Å². The van der Waals surface area contributed by atoms with Crippen molar-refractivity contribution >= 4 is 31.9 Å². The van der Waals surface area contributed by atoms with E-state index in [9.17, 15) is 13.2 Å². The van der Waals surface area contributed by atoms with Gasteiger partial charge in [0.05, 0.1) is 5.25 Å². The SMILES string of the molecule is O=C(NC1CCCC(C2CCNN2)C1)C1CCCC(S(=O)(=O)NC2CCC(Br)CC2)C1. The summed E-state index contributed by atoms with van der Waals surface area (Å²) in [5.41, 5.74) is 6.61. The molecule has 4 aliphatic rings. The molecular formula is C22H39BrN4O3S. The zero-order valence-corrected chi connectivity index (χ0v) is 20.9. The number of hydrogen-bond acceptors (Lipinski definition) is 5. The van der Waals surface area contributed by atoms with Crippen LogP contribution in [-0.4, -0.2) is 49.1 Å². The second-order valence-electron chi connectivity index (χ2n) is 10.2. The molecule has 3 saturated carbocycles. The summed E-state index contributed by atoms with van der Waals surface area (Å²) in [5, 5.41) is 2.85. The smallest absolute Gasteiger partial charge is 0.223 e. The Labute approximate surface area is 195 Å². The Kier molecular flexibility index (Phi) is 8.34. The van der Waals surface area contributed by atoms with E-state index in [0.29, 0.717) is 29.6 Å². The number of rotatable bonds is 6. The summed E-state index contributed by atoms with van der Waals surface area (Å²) >= 11 is 3.63. The van der Waals surface area contributed by atoms with Crippen LogP contribution >= 0.6 is 15.9 Å². The second-order valence-corrected chi connectivity index (χ2v) is 13.5. The van der Waals surface area contributed by atoms with Crippen LogP contribution in [0, 0.1) is 11.8 Å². The molecule has 4 fully saturated rings. The lowest BCUT2D eigenvalue weighted by atomic mass is 9.80. The van der Waals surface area contributed by atoms with Crippen LogP contribution in [0.2, 0.25) is 0 Å². The van der Waals surface area contributed by atoms with Gasteiger partial charge >= 0.3 is 0 Å². The van der Waals surface area contributed by atoms with Gasteiger partial charge in [-0.25, -0.2) is 13.1 Å². The van der Waals surface area contributed by atoms with Gasteiger partial charge in [-0.2, -0.15) is 0 Å². The fraction of sp³-hybridized carbons (Fsp3) is 0.955. The number of hydrogen-bond donors (Lipinski definition) is 4. The van der Waals surface area contributed by atoms with Crippen molar-refractivity contribution in [3.05, 3.63) is 0 Å². The average molecular weight is 520 g/mol. The third-order valence-corrected chi connectivity index (χ3v) is 10.8. The highest BCUT2D eigenvalue weighted by Gasteiger charge is 2.37. The Hall–Kier alpha value is -0.220. The van der Waals surface area contributed by atoms with Crippen molar-refractivity contribution in [1.82, 2.24) is 20.9 Å². The highest BCUT2D eigenvalue weighted by Crippen LogP contribution is 2.32. The molecule has 7 nitrogen and oxygen atoms in total. The fourth-order valence-corrected chi connectivity index (χ4v) is 8.45. The number of carbonyl (C=O) groups excluding carboxylic acids is 1. The number of nitrogens with one attached hydrogen (secondary N) is 4. The molecule has 0 bridgehead atoms. The Bertz CT molecular complexity index is 708. The monoisotopic (exact) mass is 518 g/mol. The Morgan fingerprint density at radius 1 is 0.871 bits per heavy atom. The van der Waals surface area contributed by atoms with Gasteiger partial charge in [0.25, 0.3) is 0 Å². The summed E-state index contributed by atoms with van der Waals surface area (Å²) in [6.07, 6.45) is 12.1. The first-order valence-corrected chi connectivity index (χ1v) is 14.8. The molecule has 1 amide bonds. The first kappa shape index (κ1) is 23.9. The van der Waals surface area contributed by atoms with Crippen LogP contribution in [0.5, 0.6) is 0 Å². The largest absolute Gasteiger partial charge is 0.353 e. The van der Waals surface area contributed by atoms with Gasteiger partial charge in [0.2, 0.25) is 15.9 Å². The lowest BCUT2D eigenvalue weighted by Gasteiger charge is -2.35. The summed E-state index contributed by atoms with van der Waals surface area (Å²) in [5.74, 6) is 0.496. The van der Waals surface area contributed by atoms with Crippen LogP contribution in [0.4, 0.5) is 0 Å². The molecule has 5 atom stereocenters. The third-order valence-electron chi connectivity index (χ3n) is 7.92. The van der Waals surface area contributed by atoms with Crippen LogP contribution in [0.3, 0.4) is 0 Å². The molecule has 0 aromatic heterocycles. The fourth-order valence-electron chi connectivity index (χ4n) is 6.06. The summed E-state index contributed by atoms with van der Waals surface area (Å²) in [6, 6.07) is 0.781. The normalized spacial score (nSPS) is 39.8. The van der Waals surface area contributed by atoms with E-state index in [1.807, 2.05) is 0 Å². The Morgan fingerprint density at radius 2 is 1.65 bits per heavy atom. The highest BCUT2D eigenvalue weighted by atomic mass is 79.9. The Balaban J connectivity index is 1.27. The lowest BCUT2D eigenvalue weighted by molar-refractivity contribution is -0.127. The molecule has 0 aromatic carbocycles. The van der Waals surface area contributed by atoms with Gasteiger partial charge in [-0.15, -0.1) is 0 Å².